The van der Waals surface area contributed by atoms with Crippen molar-refractivity contribution in [3.8, 4) is 0 Å². The molecule has 2 aromatic heterocycles. The molecule has 2 N–H and O–H groups in total. The number of nitrogens with one attached hydrogen (secondary N) is 1. The number of hydrogen-bond donors (Lipinski definition) is 2. The van der Waals surface area contributed by atoms with Crippen molar-refractivity contribution in [3.05, 3.63) is 23.6 Å². The minimum atomic E-state index is -0.939. The van der Waals surface area contributed by atoms with E-state index in [4.69, 9.17) is 21.4 Å². The Bertz CT molecular complexity index is 698. The smallest absolute Gasteiger partial charge is 0.407 e. The third kappa shape index (κ3) is 3.18. The number of anilines is 1. The van der Waals surface area contributed by atoms with Gasteiger partial charge in [-0.05, 0) is 0 Å². The number of pyridine rings is 1. The number of nitrogens with zero attached hydrogens (tertiary/aromatic N) is 4. The number of aromatic nitrogens is 3. The van der Waals surface area contributed by atoms with Crippen molar-refractivity contribution >= 4 is 34.5 Å². The Morgan fingerprint density at radius 3 is 3.14 bits per heavy atom. The van der Waals surface area contributed by atoms with Crippen LogP contribution in [-0.4, -0.2) is 63.4 Å². The molecule has 2 aromatic rings. The summed E-state index contributed by atoms with van der Waals surface area (Å²) >= 11 is 5.97. The number of carboxylic acid groups (broad SMARTS) is 1. The lowest BCUT2D eigenvalue weighted by atomic mass is 10.2. The first kappa shape index (κ1) is 14.7. The Morgan fingerprint density at radius 1 is 1.50 bits per heavy atom. The molecular weight excluding hydrogens is 310 g/mol. The number of fused-ring (bicyclic) bond motifs is 1. The maximum absolute atomic E-state index is 11.0. The molecule has 0 saturated carbocycles. The van der Waals surface area contributed by atoms with E-state index >= 15 is 0 Å². The molecule has 1 saturated heterocycles. The Hall–Kier alpha value is -2.19. The SMILES string of the molecule is O=C(O)N1CCO[C@H](CNc2nc(Cl)cc3nccnc23)C1. The van der Waals surface area contributed by atoms with E-state index in [1.807, 2.05) is 0 Å². The van der Waals surface area contributed by atoms with Gasteiger partial charge in [0.1, 0.15) is 10.7 Å². The summed E-state index contributed by atoms with van der Waals surface area (Å²) in [5.41, 5.74) is 1.25. The lowest BCUT2D eigenvalue weighted by Gasteiger charge is -2.31. The summed E-state index contributed by atoms with van der Waals surface area (Å²) in [4.78, 5) is 25.0. The van der Waals surface area contributed by atoms with Gasteiger partial charge < -0.3 is 20.1 Å². The molecule has 9 heteroatoms. The van der Waals surface area contributed by atoms with Crippen LogP contribution in [0.5, 0.6) is 0 Å². The summed E-state index contributed by atoms with van der Waals surface area (Å²) in [5, 5.41) is 12.4. The van der Waals surface area contributed by atoms with E-state index in [0.29, 0.717) is 48.2 Å². The van der Waals surface area contributed by atoms with Crippen LogP contribution in [0, 0.1) is 0 Å². The first-order valence-corrected chi connectivity index (χ1v) is 7.12. The van der Waals surface area contributed by atoms with E-state index in [1.54, 1.807) is 18.5 Å². The topological polar surface area (TPSA) is 100 Å². The van der Waals surface area contributed by atoms with Crippen molar-refractivity contribution < 1.29 is 14.6 Å². The standard InChI is InChI=1S/C13H14ClN5O3/c14-10-5-9-11(16-2-1-15-9)12(18-10)17-6-8-7-19(13(20)21)3-4-22-8/h1-2,5,8H,3-4,6-7H2,(H,17,18)(H,20,21)/t8-/m1/s1. The largest absolute Gasteiger partial charge is 0.465 e. The fraction of sp³-hybridized carbons (Fsp3) is 0.385. The summed E-state index contributed by atoms with van der Waals surface area (Å²) in [6, 6.07) is 1.64. The average Bonchev–Trinajstić information content (AvgIpc) is 2.52. The monoisotopic (exact) mass is 323 g/mol. The molecule has 0 bridgehead atoms. The van der Waals surface area contributed by atoms with Crippen LogP contribution in [0.2, 0.25) is 5.15 Å². The van der Waals surface area contributed by atoms with E-state index in [1.165, 1.54) is 4.90 Å². The van der Waals surface area contributed by atoms with E-state index in [-0.39, 0.29) is 6.10 Å². The van der Waals surface area contributed by atoms with E-state index in [2.05, 4.69) is 20.3 Å². The quantitative estimate of drug-likeness (QED) is 0.825. The van der Waals surface area contributed by atoms with E-state index in [0.717, 1.165) is 0 Å². The molecule has 0 unspecified atom stereocenters. The van der Waals surface area contributed by atoms with Gasteiger partial charge in [-0.15, -0.1) is 0 Å². The molecule has 3 heterocycles. The summed E-state index contributed by atoms with van der Waals surface area (Å²) in [6.45, 7) is 1.48. The molecule has 1 amide bonds. The molecule has 8 nitrogen and oxygen atoms in total. The summed E-state index contributed by atoms with van der Waals surface area (Å²) in [5.74, 6) is 0.506. The zero-order valence-electron chi connectivity index (χ0n) is 11.6. The summed E-state index contributed by atoms with van der Waals surface area (Å²) in [6.07, 6.45) is 1.96. The highest BCUT2D eigenvalue weighted by Gasteiger charge is 2.23. The highest BCUT2D eigenvalue weighted by atomic mass is 35.5. The van der Waals surface area contributed by atoms with Gasteiger partial charge in [-0.2, -0.15) is 0 Å². The molecule has 3 rings (SSSR count). The molecule has 22 heavy (non-hydrogen) atoms. The highest BCUT2D eigenvalue weighted by Crippen LogP contribution is 2.21. The fourth-order valence-corrected chi connectivity index (χ4v) is 2.48. The van der Waals surface area contributed by atoms with Crippen LogP contribution >= 0.6 is 11.6 Å². The van der Waals surface area contributed by atoms with Gasteiger partial charge in [-0.25, -0.2) is 14.8 Å². The van der Waals surface area contributed by atoms with Crippen molar-refractivity contribution in [2.45, 2.75) is 6.10 Å². The normalized spacial score (nSPS) is 18.4. The number of halogens is 1. The average molecular weight is 324 g/mol. The molecule has 116 valence electrons. The van der Waals surface area contributed by atoms with Gasteiger partial charge in [0.15, 0.2) is 5.82 Å². The number of carbonyl (C=O) groups is 1. The Kier molecular flexibility index (Phi) is 4.21. The molecule has 1 aliphatic heterocycles. The number of morpholine rings is 1. The van der Waals surface area contributed by atoms with Crippen LogP contribution in [-0.2, 0) is 4.74 Å². The predicted molar refractivity (Wildman–Crippen MR) is 80.2 cm³/mol. The van der Waals surface area contributed by atoms with Crippen molar-refractivity contribution in [2.75, 3.05) is 31.6 Å². The van der Waals surface area contributed by atoms with Crippen molar-refractivity contribution in [1.29, 1.82) is 0 Å². The third-order valence-corrected chi connectivity index (χ3v) is 3.53. The lowest BCUT2D eigenvalue weighted by Crippen LogP contribution is -2.47. The minimum Gasteiger partial charge on any atom is -0.465 e. The van der Waals surface area contributed by atoms with Gasteiger partial charge in [0.2, 0.25) is 0 Å². The van der Waals surface area contributed by atoms with Gasteiger partial charge in [-0.1, -0.05) is 11.6 Å². The van der Waals surface area contributed by atoms with Crippen LogP contribution in [0.4, 0.5) is 10.6 Å². The second-order valence-corrected chi connectivity index (χ2v) is 5.21. The second kappa shape index (κ2) is 6.29. The predicted octanol–water partition coefficient (Wildman–Crippen LogP) is 1.47. The highest BCUT2D eigenvalue weighted by molar-refractivity contribution is 6.30. The van der Waals surface area contributed by atoms with Gasteiger partial charge in [0, 0.05) is 31.5 Å². The first-order valence-electron chi connectivity index (χ1n) is 6.74. The van der Waals surface area contributed by atoms with Crippen LogP contribution < -0.4 is 5.32 Å². The van der Waals surface area contributed by atoms with Gasteiger partial charge >= 0.3 is 6.09 Å². The third-order valence-electron chi connectivity index (χ3n) is 3.33. The van der Waals surface area contributed by atoms with Gasteiger partial charge in [-0.3, -0.25) is 4.98 Å². The van der Waals surface area contributed by atoms with Gasteiger partial charge in [0.05, 0.1) is 24.8 Å². The first-order chi connectivity index (χ1) is 10.6. The second-order valence-electron chi connectivity index (χ2n) is 4.82. The van der Waals surface area contributed by atoms with E-state index in [9.17, 15) is 4.79 Å². The zero-order chi connectivity index (χ0) is 15.5. The fourth-order valence-electron chi connectivity index (χ4n) is 2.29. The number of ether oxygens (including phenoxy) is 1. The Balaban J connectivity index is 1.72. The molecule has 0 spiro atoms. The van der Waals surface area contributed by atoms with Crippen molar-refractivity contribution in [1.82, 2.24) is 19.9 Å². The van der Waals surface area contributed by atoms with Crippen LogP contribution in [0.1, 0.15) is 0 Å². The van der Waals surface area contributed by atoms with Crippen LogP contribution in [0.3, 0.4) is 0 Å². The Morgan fingerprint density at radius 2 is 2.32 bits per heavy atom. The number of rotatable bonds is 3. The number of amides is 1. The molecule has 0 aliphatic carbocycles. The molecule has 0 aromatic carbocycles. The zero-order valence-corrected chi connectivity index (χ0v) is 12.3. The van der Waals surface area contributed by atoms with Crippen LogP contribution in [0.25, 0.3) is 11.0 Å². The van der Waals surface area contributed by atoms with Crippen molar-refractivity contribution in [3.63, 3.8) is 0 Å². The molecule has 0 radical (unpaired) electrons. The molecule has 1 atom stereocenters. The lowest BCUT2D eigenvalue weighted by molar-refractivity contribution is -0.0147. The summed E-state index contributed by atoms with van der Waals surface area (Å²) < 4.78 is 5.56. The minimum absolute atomic E-state index is 0.252. The molecule has 1 aliphatic rings. The van der Waals surface area contributed by atoms with E-state index < -0.39 is 6.09 Å². The summed E-state index contributed by atoms with van der Waals surface area (Å²) in [7, 11) is 0. The number of hydrogen-bond acceptors (Lipinski definition) is 6. The maximum Gasteiger partial charge on any atom is 0.407 e. The van der Waals surface area contributed by atoms with Gasteiger partial charge in [0.25, 0.3) is 0 Å². The molecular formula is C13H14ClN5O3. The molecule has 1 fully saturated rings. The van der Waals surface area contributed by atoms with Crippen LogP contribution in [0.15, 0.2) is 18.5 Å². The maximum atomic E-state index is 11.0. The van der Waals surface area contributed by atoms with Crippen molar-refractivity contribution in [2.24, 2.45) is 0 Å². The Labute approximate surface area is 131 Å².